The van der Waals surface area contributed by atoms with Crippen molar-refractivity contribution in [3.8, 4) is 17.1 Å². The van der Waals surface area contributed by atoms with E-state index >= 15 is 0 Å². The number of hydrogen-bond acceptors (Lipinski definition) is 3. The maximum absolute atomic E-state index is 14.1. The number of nitrogens with one attached hydrogen (secondary N) is 1. The summed E-state index contributed by atoms with van der Waals surface area (Å²) >= 11 is 6.13. The van der Waals surface area contributed by atoms with Crippen molar-refractivity contribution in [2.24, 2.45) is 0 Å². The molecule has 3 rings (SSSR count). The van der Waals surface area contributed by atoms with Crippen LogP contribution in [0.3, 0.4) is 0 Å². The first-order valence-electron chi connectivity index (χ1n) is 6.13. The number of nitrogens with zero attached hydrogens (tertiary/aromatic N) is 1. The quantitative estimate of drug-likeness (QED) is 0.789. The van der Waals surface area contributed by atoms with Crippen LogP contribution in [-0.2, 0) is 0 Å². The molecule has 0 unspecified atom stereocenters. The van der Waals surface area contributed by atoms with Crippen molar-refractivity contribution in [3.63, 3.8) is 0 Å². The molecule has 0 radical (unpaired) electrons. The smallest absolute Gasteiger partial charge is 0.259 e. The predicted octanol–water partition coefficient (Wildman–Crippen LogP) is 3.39. The first kappa shape index (κ1) is 13.6. The van der Waals surface area contributed by atoms with Crippen LogP contribution in [0.1, 0.15) is 0 Å². The van der Waals surface area contributed by atoms with Crippen molar-refractivity contribution in [3.05, 3.63) is 57.6 Å². The minimum atomic E-state index is -0.584. The number of para-hydroxylation sites is 1. The number of H-pyrrole nitrogens is 1. The molecule has 106 valence electrons. The lowest BCUT2D eigenvalue weighted by molar-refractivity contribution is 0.414. The highest BCUT2D eigenvalue weighted by atomic mass is 35.5. The number of rotatable bonds is 2. The lowest BCUT2D eigenvalue weighted by Gasteiger charge is -2.10. The van der Waals surface area contributed by atoms with Crippen molar-refractivity contribution in [2.45, 2.75) is 0 Å². The molecule has 0 amide bonds. The second-order valence-electron chi connectivity index (χ2n) is 4.37. The zero-order valence-electron chi connectivity index (χ0n) is 11.0. The van der Waals surface area contributed by atoms with Gasteiger partial charge >= 0.3 is 0 Å². The zero-order chi connectivity index (χ0) is 15.0. The van der Waals surface area contributed by atoms with Crippen LogP contribution >= 0.6 is 11.6 Å². The average molecular weight is 305 g/mol. The highest BCUT2D eigenvalue weighted by Gasteiger charge is 2.17. The van der Waals surface area contributed by atoms with E-state index in [-0.39, 0.29) is 22.0 Å². The molecule has 0 saturated carbocycles. The Balaban J connectivity index is 2.33. The molecule has 0 aliphatic carbocycles. The number of methoxy groups -OCH3 is 1. The van der Waals surface area contributed by atoms with Crippen LogP contribution in [0.15, 0.2) is 41.2 Å². The molecule has 21 heavy (non-hydrogen) atoms. The number of fused-ring (bicyclic) bond motifs is 1. The third kappa shape index (κ3) is 2.25. The van der Waals surface area contributed by atoms with Crippen molar-refractivity contribution in [2.75, 3.05) is 7.11 Å². The van der Waals surface area contributed by atoms with Crippen LogP contribution in [0.5, 0.6) is 5.75 Å². The highest BCUT2D eigenvalue weighted by Crippen LogP contribution is 2.35. The van der Waals surface area contributed by atoms with Crippen molar-refractivity contribution >= 4 is 22.5 Å². The molecule has 0 fully saturated rings. The van der Waals surface area contributed by atoms with Gasteiger partial charge in [-0.1, -0.05) is 23.7 Å². The number of ether oxygens (including phenoxy) is 1. The Morgan fingerprint density at radius 3 is 2.76 bits per heavy atom. The van der Waals surface area contributed by atoms with Crippen LogP contribution in [0.25, 0.3) is 22.3 Å². The second kappa shape index (κ2) is 5.18. The van der Waals surface area contributed by atoms with E-state index in [0.29, 0.717) is 16.7 Å². The maximum atomic E-state index is 14.1. The number of aromatic nitrogens is 2. The van der Waals surface area contributed by atoms with Gasteiger partial charge in [0.05, 0.1) is 28.6 Å². The summed E-state index contributed by atoms with van der Waals surface area (Å²) in [4.78, 5) is 18.9. The molecule has 0 saturated heterocycles. The Bertz CT molecular complexity index is 892. The fourth-order valence-electron chi connectivity index (χ4n) is 2.11. The molecule has 0 spiro atoms. The minimum absolute atomic E-state index is 0.0128. The molecule has 0 aliphatic rings. The molecule has 0 bridgehead atoms. The van der Waals surface area contributed by atoms with Gasteiger partial charge in [0.1, 0.15) is 17.4 Å². The third-order valence-corrected chi connectivity index (χ3v) is 3.50. The number of aromatic amines is 1. The summed E-state index contributed by atoms with van der Waals surface area (Å²) in [7, 11) is 1.43. The topological polar surface area (TPSA) is 55.0 Å². The summed E-state index contributed by atoms with van der Waals surface area (Å²) in [5.41, 5.74) is 0.127. The van der Waals surface area contributed by atoms with Crippen LogP contribution in [0.4, 0.5) is 4.39 Å². The molecule has 0 aliphatic heterocycles. The van der Waals surface area contributed by atoms with Gasteiger partial charge in [-0.2, -0.15) is 0 Å². The maximum Gasteiger partial charge on any atom is 0.259 e. The van der Waals surface area contributed by atoms with E-state index in [9.17, 15) is 9.18 Å². The largest absolute Gasteiger partial charge is 0.495 e. The van der Waals surface area contributed by atoms with Gasteiger partial charge in [0.25, 0.3) is 5.56 Å². The molecule has 1 heterocycles. The molecule has 0 atom stereocenters. The molecule has 1 N–H and O–H groups in total. The first-order valence-corrected chi connectivity index (χ1v) is 6.51. The van der Waals surface area contributed by atoms with Crippen LogP contribution in [-0.4, -0.2) is 17.1 Å². The number of hydrogen-bond donors (Lipinski definition) is 1. The van der Waals surface area contributed by atoms with Gasteiger partial charge in [-0.05, 0) is 24.3 Å². The van der Waals surface area contributed by atoms with Gasteiger partial charge in [0.2, 0.25) is 0 Å². The summed E-state index contributed by atoms with van der Waals surface area (Å²) in [5.74, 6) is -0.205. The predicted molar refractivity (Wildman–Crippen MR) is 79.3 cm³/mol. The average Bonchev–Trinajstić information content (AvgIpc) is 2.48. The minimum Gasteiger partial charge on any atom is -0.495 e. The Morgan fingerprint density at radius 2 is 2.00 bits per heavy atom. The van der Waals surface area contributed by atoms with E-state index in [4.69, 9.17) is 16.3 Å². The summed E-state index contributed by atoms with van der Waals surface area (Å²) in [6, 6.07) is 9.45. The van der Waals surface area contributed by atoms with E-state index in [1.807, 2.05) is 0 Å². The number of halogens is 2. The van der Waals surface area contributed by atoms with E-state index < -0.39 is 5.82 Å². The Labute approximate surface area is 124 Å². The lowest BCUT2D eigenvalue weighted by Crippen LogP contribution is -2.10. The first-order chi connectivity index (χ1) is 10.1. The van der Waals surface area contributed by atoms with E-state index in [1.165, 1.54) is 19.2 Å². The molecule has 6 heteroatoms. The van der Waals surface area contributed by atoms with E-state index in [2.05, 4.69) is 9.97 Å². The summed E-state index contributed by atoms with van der Waals surface area (Å²) in [6.07, 6.45) is 0. The van der Waals surface area contributed by atoms with E-state index in [0.717, 1.165) is 0 Å². The molecule has 1 aromatic heterocycles. The van der Waals surface area contributed by atoms with Gasteiger partial charge in [-0.3, -0.25) is 4.79 Å². The molecule has 4 nitrogen and oxygen atoms in total. The molecular formula is C15H10ClFN2O2. The summed E-state index contributed by atoms with van der Waals surface area (Å²) in [5, 5.41) is 0.497. The second-order valence-corrected chi connectivity index (χ2v) is 4.75. The SMILES string of the molecule is COc1ccc(F)c(-c2nc3ccccc3c(=O)[nH]2)c1Cl. The number of benzene rings is 2. The van der Waals surface area contributed by atoms with Gasteiger partial charge < -0.3 is 9.72 Å². The molecule has 3 aromatic rings. The van der Waals surface area contributed by atoms with Crippen molar-refractivity contribution in [1.29, 1.82) is 0 Å². The van der Waals surface area contributed by atoms with Gasteiger partial charge in [0.15, 0.2) is 0 Å². The fourth-order valence-corrected chi connectivity index (χ4v) is 2.43. The zero-order valence-corrected chi connectivity index (χ0v) is 11.7. The summed E-state index contributed by atoms with van der Waals surface area (Å²) < 4.78 is 19.1. The van der Waals surface area contributed by atoms with Gasteiger partial charge in [0, 0.05) is 0 Å². The normalized spacial score (nSPS) is 10.8. The van der Waals surface area contributed by atoms with Gasteiger partial charge in [-0.15, -0.1) is 0 Å². The van der Waals surface area contributed by atoms with Gasteiger partial charge in [-0.25, -0.2) is 9.37 Å². The van der Waals surface area contributed by atoms with E-state index in [1.54, 1.807) is 24.3 Å². The van der Waals surface area contributed by atoms with Crippen LogP contribution in [0.2, 0.25) is 5.02 Å². The highest BCUT2D eigenvalue weighted by molar-refractivity contribution is 6.34. The molecular weight excluding hydrogens is 295 g/mol. The van der Waals surface area contributed by atoms with Crippen LogP contribution < -0.4 is 10.3 Å². The van der Waals surface area contributed by atoms with Crippen molar-refractivity contribution in [1.82, 2.24) is 9.97 Å². The molecule has 2 aromatic carbocycles. The monoisotopic (exact) mass is 304 g/mol. The standard InChI is InChI=1S/C15H10ClFN2O2/c1-21-11-7-6-9(17)12(13(11)16)14-18-10-5-3-2-4-8(10)15(20)19-14/h2-7H,1H3,(H,18,19,20). The Hall–Kier alpha value is -2.40. The lowest BCUT2D eigenvalue weighted by atomic mass is 10.1. The van der Waals surface area contributed by atoms with Crippen molar-refractivity contribution < 1.29 is 9.13 Å². The van der Waals surface area contributed by atoms with Crippen LogP contribution in [0, 0.1) is 5.82 Å². The summed E-state index contributed by atoms with van der Waals surface area (Å²) in [6.45, 7) is 0. The fraction of sp³-hybridized carbons (Fsp3) is 0.0667. The Morgan fingerprint density at radius 1 is 1.24 bits per heavy atom. The Kier molecular flexibility index (Phi) is 3.35. The third-order valence-electron chi connectivity index (χ3n) is 3.13.